The zero-order valence-electron chi connectivity index (χ0n) is 11.7. The molecule has 0 unspecified atom stereocenters. The Morgan fingerprint density at radius 2 is 2.05 bits per heavy atom. The largest absolute Gasteiger partial charge is 0.481 e. The summed E-state index contributed by atoms with van der Waals surface area (Å²) in [6, 6.07) is 0. The fourth-order valence-corrected chi connectivity index (χ4v) is 3.14. The van der Waals surface area contributed by atoms with Crippen molar-refractivity contribution in [2.24, 2.45) is 0 Å². The number of nitrogens with zero attached hydrogens (tertiary/aromatic N) is 3. The van der Waals surface area contributed by atoms with E-state index in [0.717, 1.165) is 0 Å². The van der Waals surface area contributed by atoms with Crippen molar-refractivity contribution in [1.29, 1.82) is 0 Å². The second-order valence-corrected chi connectivity index (χ2v) is 5.28. The first-order valence-electron chi connectivity index (χ1n) is 6.46. The molecule has 0 aliphatic carbocycles. The molecule has 0 saturated heterocycles. The summed E-state index contributed by atoms with van der Waals surface area (Å²) in [4.78, 5) is 30.2. The first-order chi connectivity index (χ1) is 9.49. The lowest BCUT2D eigenvalue weighted by atomic mass is 10.2. The van der Waals surface area contributed by atoms with Crippen molar-refractivity contribution in [1.82, 2.24) is 14.3 Å². The summed E-state index contributed by atoms with van der Waals surface area (Å²) in [7, 11) is 0. The van der Waals surface area contributed by atoms with Crippen LogP contribution in [0, 0.1) is 6.92 Å². The van der Waals surface area contributed by atoms with Crippen molar-refractivity contribution >= 4 is 28.2 Å². The van der Waals surface area contributed by atoms with Gasteiger partial charge in [0.2, 0.25) is 0 Å². The van der Waals surface area contributed by atoms with Gasteiger partial charge in [-0.25, -0.2) is 4.98 Å². The number of hydrogen-bond donors (Lipinski definition) is 1. The number of aryl methyl sites for hydroxylation is 1. The van der Waals surface area contributed by atoms with Gasteiger partial charge in [0.05, 0.1) is 12.1 Å². The normalized spacial score (nSPS) is 10.9. The van der Waals surface area contributed by atoms with Gasteiger partial charge in [0, 0.05) is 24.2 Å². The van der Waals surface area contributed by atoms with Crippen molar-refractivity contribution in [3.63, 3.8) is 0 Å². The summed E-state index contributed by atoms with van der Waals surface area (Å²) in [6.07, 6.45) is -0.117. The van der Waals surface area contributed by atoms with E-state index in [4.69, 9.17) is 5.11 Å². The van der Waals surface area contributed by atoms with Crippen LogP contribution >= 0.6 is 11.3 Å². The van der Waals surface area contributed by atoms with Crippen LogP contribution in [0.4, 0.5) is 0 Å². The molecule has 0 atom stereocenters. The van der Waals surface area contributed by atoms with E-state index in [-0.39, 0.29) is 12.3 Å². The monoisotopic (exact) mass is 295 g/mol. The van der Waals surface area contributed by atoms with Crippen LogP contribution in [0.5, 0.6) is 0 Å². The quantitative estimate of drug-likeness (QED) is 0.913. The SMILES string of the molecule is CCN(CC)C(=O)c1c(C)nc2scc(CC(=O)O)n12. The Labute approximate surface area is 120 Å². The molecule has 20 heavy (non-hydrogen) atoms. The van der Waals surface area contributed by atoms with Crippen LogP contribution in [0.15, 0.2) is 5.38 Å². The van der Waals surface area contributed by atoms with Gasteiger partial charge >= 0.3 is 5.97 Å². The topological polar surface area (TPSA) is 74.9 Å². The first kappa shape index (κ1) is 14.5. The molecule has 2 aromatic rings. The van der Waals surface area contributed by atoms with Gasteiger partial charge < -0.3 is 10.0 Å². The van der Waals surface area contributed by atoms with Crippen LogP contribution in [0.3, 0.4) is 0 Å². The Kier molecular flexibility index (Phi) is 4.08. The van der Waals surface area contributed by atoms with Gasteiger partial charge in [0.1, 0.15) is 5.69 Å². The van der Waals surface area contributed by atoms with Gasteiger partial charge in [-0.2, -0.15) is 0 Å². The van der Waals surface area contributed by atoms with E-state index in [1.807, 2.05) is 13.8 Å². The van der Waals surface area contributed by atoms with Crippen molar-refractivity contribution in [2.75, 3.05) is 13.1 Å². The van der Waals surface area contributed by atoms with E-state index in [0.29, 0.717) is 35.1 Å². The molecule has 2 heterocycles. The average Bonchev–Trinajstić information content (AvgIpc) is 2.89. The number of carboxylic acid groups (broad SMARTS) is 1. The van der Waals surface area contributed by atoms with Gasteiger partial charge in [0.25, 0.3) is 5.91 Å². The molecule has 0 saturated carbocycles. The molecule has 1 N–H and O–H groups in total. The lowest BCUT2D eigenvalue weighted by Crippen LogP contribution is -2.32. The molecule has 2 aromatic heterocycles. The summed E-state index contributed by atoms with van der Waals surface area (Å²) in [6.45, 7) is 6.84. The fourth-order valence-electron chi connectivity index (χ4n) is 2.21. The zero-order chi connectivity index (χ0) is 14.9. The van der Waals surface area contributed by atoms with Crippen molar-refractivity contribution in [3.8, 4) is 0 Å². The molecule has 0 bridgehead atoms. The second kappa shape index (κ2) is 5.62. The maximum atomic E-state index is 12.6. The minimum atomic E-state index is -0.919. The highest BCUT2D eigenvalue weighted by molar-refractivity contribution is 7.15. The van der Waals surface area contributed by atoms with E-state index in [2.05, 4.69) is 4.98 Å². The molecule has 0 radical (unpaired) electrons. The third-order valence-corrected chi connectivity index (χ3v) is 4.07. The van der Waals surface area contributed by atoms with Crippen LogP contribution in [-0.2, 0) is 11.2 Å². The summed E-state index contributed by atoms with van der Waals surface area (Å²) >= 11 is 1.35. The number of aliphatic carboxylic acids is 1. The minimum Gasteiger partial charge on any atom is -0.481 e. The summed E-state index contributed by atoms with van der Waals surface area (Å²) < 4.78 is 1.68. The molecule has 6 nitrogen and oxygen atoms in total. The Morgan fingerprint density at radius 1 is 1.40 bits per heavy atom. The highest BCUT2D eigenvalue weighted by atomic mass is 32.1. The Morgan fingerprint density at radius 3 is 2.60 bits per heavy atom. The molecule has 0 aliphatic rings. The summed E-state index contributed by atoms with van der Waals surface area (Å²) in [5, 5.41) is 10.7. The van der Waals surface area contributed by atoms with Crippen LogP contribution in [0.2, 0.25) is 0 Å². The van der Waals surface area contributed by atoms with Crippen molar-refractivity contribution in [2.45, 2.75) is 27.2 Å². The minimum absolute atomic E-state index is 0.106. The van der Waals surface area contributed by atoms with Crippen molar-refractivity contribution in [3.05, 3.63) is 22.5 Å². The van der Waals surface area contributed by atoms with E-state index in [1.54, 1.807) is 21.6 Å². The van der Waals surface area contributed by atoms with Crippen LogP contribution in [0.1, 0.15) is 35.7 Å². The number of carbonyl (C=O) groups is 2. The molecule has 0 aromatic carbocycles. The second-order valence-electron chi connectivity index (χ2n) is 4.44. The van der Waals surface area contributed by atoms with E-state index >= 15 is 0 Å². The van der Waals surface area contributed by atoms with E-state index < -0.39 is 5.97 Å². The summed E-state index contributed by atoms with van der Waals surface area (Å²) in [5.41, 5.74) is 1.70. The first-order valence-corrected chi connectivity index (χ1v) is 7.34. The number of rotatable bonds is 5. The molecule has 7 heteroatoms. The third-order valence-electron chi connectivity index (χ3n) is 3.19. The lowest BCUT2D eigenvalue weighted by Gasteiger charge is -2.18. The smallest absolute Gasteiger partial charge is 0.309 e. The molecule has 0 aliphatic heterocycles. The number of thiazole rings is 1. The maximum absolute atomic E-state index is 12.6. The van der Waals surface area contributed by atoms with Crippen LogP contribution in [0.25, 0.3) is 4.96 Å². The molecule has 1 amide bonds. The third kappa shape index (κ3) is 2.40. The number of imidazole rings is 1. The van der Waals surface area contributed by atoms with Gasteiger partial charge in [-0.1, -0.05) is 0 Å². The van der Waals surface area contributed by atoms with E-state index in [1.165, 1.54) is 11.3 Å². The molecule has 108 valence electrons. The van der Waals surface area contributed by atoms with Crippen molar-refractivity contribution < 1.29 is 14.7 Å². The standard InChI is InChI=1S/C13H17N3O3S/c1-4-15(5-2)12(19)11-8(3)14-13-16(11)9(7-20-13)6-10(17)18/h7H,4-6H2,1-3H3,(H,17,18). The Balaban J connectivity index is 2.56. The lowest BCUT2D eigenvalue weighted by molar-refractivity contribution is -0.136. The van der Waals surface area contributed by atoms with Crippen LogP contribution in [-0.4, -0.2) is 44.4 Å². The van der Waals surface area contributed by atoms with Gasteiger partial charge in [0.15, 0.2) is 4.96 Å². The molecular weight excluding hydrogens is 278 g/mol. The molecular formula is C13H17N3O3S. The highest BCUT2D eigenvalue weighted by Crippen LogP contribution is 2.22. The van der Waals surface area contributed by atoms with Crippen LogP contribution < -0.4 is 0 Å². The summed E-state index contributed by atoms with van der Waals surface area (Å²) in [5.74, 6) is -1.03. The molecule has 0 fully saturated rings. The number of amides is 1. The number of carbonyl (C=O) groups excluding carboxylic acids is 1. The molecule has 2 rings (SSSR count). The maximum Gasteiger partial charge on any atom is 0.309 e. The number of fused-ring (bicyclic) bond motifs is 1. The van der Waals surface area contributed by atoms with Gasteiger partial charge in [-0.3, -0.25) is 14.0 Å². The Hall–Kier alpha value is -1.89. The van der Waals surface area contributed by atoms with Gasteiger partial charge in [-0.05, 0) is 20.8 Å². The van der Waals surface area contributed by atoms with E-state index in [9.17, 15) is 9.59 Å². The predicted octanol–water partition coefficient (Wildman–Crippen LogP) is 1.81. The molecule has 0 spiro atoms. The highest BCUT2D eigenvalue weighted by Gasteiger charge is 2.23. The fraction of sp³-hybridized carbons (Fsp3) is 0.462. The average molecular weight is 295 g/mol. The number of hydrogen-bond acceptors (Lipinski definition) is 4. The Bertz CT molecular complexity index is 655. The number of carboxylic acids is 1. The number of aromatic nitrogens is 2. The predicted molar refractivity (Wildman–Crippen MR) is 76.4 cm³/mol. The van der Waals surface area contributed by atoms with Gasteiger partial charge in [-0.15, -0.1) is 11.3 Å². The zero-order valence-corrected chi connectivity index (χ0v) is 12.5.